The molecule has 7 heterocycles. The van der Waals surface area contributed by atoms with Gasteiger partial charge in [0.2, 0.25) is 17.7 Å². The third-order valence-electron chi connectivity index (χ3n) is 10.7. The minimum Gasteiger partial charge on any atom is -0.469 e. The zero-order chi connectivity index (χ0) is 34.6. The van der Waals surface area contributed by atoms with Gasteiger partial charge in [-0.05, 0) is 35.6 Å². The van der Waals surface area contributed by atoms with Crippen LogP contribution in [0.2, 0.25) is 0 Å². The molecule has 6 aromatic rings. The molecule has 0 fully saturated rings. The first-order valence-electron chi connectivity index (χ1n) is 17.0. The Kier molecular flexibility index (Phi) is 6.16. The van der Waals surface area contributed by atoms with E-state index in [0.717, 1.165) is 50.0 Å². The number of aromatic amines is 1. The number of esters is 1. The fourth-order valence-corrected chi connectivity index (χ4v) is 8.35. The molecule has 1 spiro atoms. The summed E-state index contributed by atoms with van der Waals surface area (Å²) in [4.78, 5) is 40.2. The summed E-state index contributed by atoms with van der Waals surface area (Å²) in [6.45, 7) is 3.80. The first-order chi connectivity index (χ1) is 24.8. The molecule has 0 saturated heterocycles. The Morgan fingerprint density at radius 3 is 2.80 bits per heavy atom. The van der Waals surface area contributed by atoms with Gasteiger partial charge in [-0.2, -0.15) is 0 Å². The molecule has 3 aromatic carbocycles. The highest BCUT2D eigenvalue weighted by Gasteiger charge is 2.61. The maximum absolute atomic E-state index is 14.1. The van der Waals surface area contributed by atoms with Gasteiger partial charge < -0.3 is 33.9 Å². The van der Waals surface area contributed by atoms with E-state index in [-0.39, 0.29) is 37.2 Å². The van der Waals surface area contributed by atoms with Gasteiger partial charge in [-0.1, -0.05) is 62.2 Å². The smallest absolute Gasteiger partial charge is 0.307 e. The van der Waals surface area contributed by atoms with Gasteiger partial charge in [0.05, 0.1) is 18.5 Å². The van der Waals surface area contributed by atoms with Gasteiger partial charge in [0, 0.05) is 45.0 Å². The maximum Gasteiger partial charge on any atom is 0.307 e. The first kappa shape index (κ1) is 29.6. The molecule has 1 amide bonds. The minimum atomic E-state index is -1.04. The number of oxazole rings is 2. The lowest BCUT2D eigenvalue weighted by atomic mass is 9.72. The number of hydrogen-bond donors (Lipinski definition) is 3. The van der Waals surface area contributed by atoms with Gasteiger partial charge in [-0.25, -0.2) is 9.97 Å². The lowest BCUT2D eigenvalue weighted by Gasteiger charge is -2.28. The molecule has 0 aliphatic carbocycles. The lowest BCUT2D eigenvalue weighted by molar-refractivity contribution is -0.145. The standard InChI is InChI=1S/C40H31N5O6/c1-4-13-48-30(46)16-21-14-20-11-12-28-26(15-20)40-25-9-5-8-23(33(25)45-39(40)50-28)22-7-6-10-27-31(22)24(17-41-27)29-18-42-37(49-29)34-35(40)51-38(44-34)32(19(2)3)43-36(21)47/h1,5-12,15,17-19,21,32,39,41,45H,13-14,16H2,2-3H3,(H,43,47)/t21?,32-,39?,40-/m0/s1. The molecular formula is C40H31N5O6. The van der Waals surface area contributed by atoms with Crippen molar-refractivity contribution in [2.45, 2.75) is 44.4 Å². The molecule has 51 heavy (non-hydrogen) atoms. The van der Waals surface area contributed by atoms with Crippen molar-refractivity contribution < 1.29 is 27.9 Å². The van der Waals surface area contributed by atoms with Gasteiger partial charge in [0.25, 0.3) is 0 Å². The first-order valence-corrected chi connectivity index (χ1v) is 17.0. The van der Waals surface area contributed by atoms with Crippen molar-refractivity contribution in [3.8, 4) is 52.1 Å². The van der Waals surface area contributed by atoms with Crippen molar-refractivity contribution in [2.75, 3.05) is 11.9 Å². The fraction of sp³-hybridized carbons (Fsp3) is 0.250. The van der Waals surface area contributed by atoms with E-state index >= 15 is 0 Å². The molecule has 4 atom stereocenters. The Morgan fingerprint density at radius 2 is 1.94 bits per heavy atom. The monoisotopic (exact) mass is 677 g/mol. The number of anilines is 1. The summed E-state index contributed by atoms with van der Waals surface area (Å²) in [6.07, 6.45) is 8.49. The quantitative estimate of drug-likeness (QED) is 0.141. The topological polar surface area (TPSA) is 145 Å². The molecular weight excluding hydrogens is 646 g/mol. The van der Waals surface area contributed by atoms with Gasteiger partial charge in [0.1, 0.15) is 17.2 Å². The second kappa shape index (κ2) is 10.6. The number of ether oxygens (including phenoxy) is 2. The largest absolute Gasteiger partial charge is 0.469 e. The van der Waals surface area contributed by atoms with Crippen LogP contribution >= 0.6 is 0 Å². The maximum atomic E-state index is 14.1. The van der Waals surface area contributed by atoms with Crippen LogP contribution < -0.4 is 15.4 Å². The average molecular weight is 678 g/mol. The Hall–Kier alpha value is -6.28. The van der Waals surface area contributed by atoms with Crippen LogP contribution in [0.4, 0.5) is 5.69 Å². The van der Waals surface area contributed by atoms with Crippen molar-refractivity contribution >= 4 is 28.5 Å². The third-order valence-corrected chi connectivity index (χ3v) is 10.7. The average Bonchev–Trinajstić information content (AvgIpc) is 3.95. The summed E-state index contributed by atoms with van der Waals surface area (Å²) in [6, 6.07) is 17.7. The zero-order valence-corrected chi connectivity index (χ0v) is 27.7. The van der Waals surface area contributed by atoms with Crippen LogP contribution in [0.15, 0.2) is 75.8 Å². The molecule has 2 unspecified atom stereocenters. The zero-order valence-electron chi connectivity index (χ0n) is 27.7. The van der Waals surface area contributed by atoms with E-state index in [1.807, 2.05) is 44.3 Å². The van der Waals surface area contributed by atoms with E-state index in [2.05, 4.69) is 51.9 Å². The molecule has 3 N–H and O–H groups in total. The molecule has 11 nitrogen and oxygen atoms in total. The molecule has 10 rings (SSSR count). The summed E-state index contributed by atoms with van der Waals surface area (Å²) < 4.78 is 25.6. The SMILES string of the molecule is C#CCOC(=O)CC1Cc2ccc3c(c2)[C@]24c5cccc(c5NC2O3)-c2cccc3[nH]cc(c23)-c2cnc(o2)-c2nc(oc24)[C@H](C(C)C)NC1=O. The van der Waals surface area contributed by atoms with E-state index in [9.17, 15) is 9.59 Å². The number of carbonyl (C=O) groups excluding carboxylic acids is 2. The highest BCUT2D eigenvalue weighted by Crippen LogP contribution is 2.61. The van der Waals surface area contributed by atoms with Gasteiger partial charge in [-0.3, -0.25) is 9.59 Å². The number of carbonyl (C=O) groups is 2. The number of terminal acetylenes is 1. The highest BCUT2D eigenvalue weighted by atomic mass is 16.5. The minimum absolute atomic E-state index is 0.141. The van der Waals surface area contributed by atoms with Crippen molar-refractivity contribution in [2.24, 2.45) is 11.8 Å². The number of hydrogen-bond acceptors (Lipinski definition) is 9. The number of H-pyrrole nitrogens is 1. The fourth-order valence-electron chi connectivity index (χ4n) is 8.35. The van der Waals surface area contributed by atoms with Crippen LogP contribution in [0, 0.1) is 24.2 Å². The molecule has 4 aliphatic heterocycles. The second-order valence-corrected chi connectivity index (χ2v) is 13.9. The molecule has 3 aromatic heterocycles. The van der Waals surface area contributed by atoms with Gasteiger partial charge in [0.15, 0.2) is 30.0 Å². The molecule has 0 radical (unpaired) electrons. The highest BCUT2D eigenvalue weighted by molar-refractivity contribution is 6.07. The van der Waals surface area contributed by atoms with E-state index in [1.54, 1.807) is 6.20 Å². The van der Waals surface area contributed by atoms with Crippen molar-refractivity contribution in [1.29, 1.82) is 0 Å². The van der Waals surface area contributed by atoms with Crippen LogP contribution in [0.3, 0.4) is 0 Å². The van der Waals surface area contributed by atoms with E-state index < -0.39 is 29.6 Å². The molecule has 4 aliphatic rings. The summed E-state index contributed by atoms with van der Waals surface area (Å²) in [5.41, 5.74) is 6.78. The van der Waals surface area contributed by atoms with Crippen LogP contribution in [0.25, 0.3) is 44.9 Å². The van der Waals surface area contributed by atoms with Crippen molar-refractivity contribution in [3.05, 3.63) is 95.3 Å². The summed E-state index contributed by atoms with van der Waals surface area (Å²) in [7, 11) is 0. The Labute approximate surface area is 291 Å². The van der Waals surface area contributed by atoms with Crippen LogP contribution in [-0.2, 0) is 26.2 Å². The normalized spacial score (nSPS) is 21.8. The number of fused-ring (bicyclic) bond motifs is 7. The number of nitrogens with zero attached hydrogens (tertiary/aromatic N) is 2. The van der Waals surface area contributed by atoms with Crippen LogP contribution in [-0.4, -0.2) is 39.7 Å². The van der Waals surface area contributed by atoms with Crippen molar-refractivity contribution in [1.82, 2.24) is 20.3 Å². The van der Waals surface area contributed by atoms with E-state index in [0.29, 0.717) is 28.9 Å². The Morgan fingerprint density at radius 1 is 1.08 bits per heavy atom. The van der Waals surface area contributed by atoms with Gasteiger partial charge in [-0.15, -0.1) is 6.42 Å². The molecule has 11 heteroatoms. The second-order valence-electron chi connectivity index (χ2n) is 13.9. The van der Waals surface area contributed by atoms with E-state index in [4.69, 9.17) is 34.7 Å². The number of aromatic nitrogens is 3. The number of rotatable bonds is 4. The molecule has 10 bridgehead atoms. The lowest BCUT2D eigenvalue weighted by Crippen LogP contribution is -2.40. The van der Waals surface area contributed by atoms with Crippen LogP contribution in [0.5, 0.6) is 5.75 Å². The number of amides is 1. The molecule has 0 saturated carbocycles. The number of benzene rings is 3. The Balaban J connectivity index is 1.29. The predicted molar refractivity (Wildman–Crippen MR) is 186 cm³/mol. The molecule has 252 valence electrons. The summed E-state index contributed by atoms with van der Waals surface area (Å²) in [5, 5.41) is 7.94. The number of para-hydroxylation sites is 1. The summed E-state index contributed by atoms with van der Waals surface area (Å²) in [5.74, 6) is 2.87. The van der Waals surface area contributed by atoms with Crippen LogP contribution in [0.1, 0.15) is 54.7 Å². The predicted octanol–water partition coefficient (Wildman–Crippen LogP) is 6.49. The summed E-state index contributed by atoms with van der Waals surface area (Å²) >= 11 is 0. The van der Waals surface area contributed by atoms with E-state index in [1.165, 1.54) is 0 Å². The Bertz CT molecular complexity index is 2500. The third kappa shape index (κ3) is 4.07. The van der Waals surface area contributed by atoms with Gasteiger partial charge >= 0.3 is 5.97 Å². The van der Waals surface area contributed by atoms with Crippen molar-refractivity contribution in [3.63, 3.8) is 0 Å². The number of nitrogens with one attached hydrogen (secondary N) is 3.